The molecule has 128 valence electrons. The third-order valence-electron chi connectivity index (χ3n) is 3.30. The molecule has 0 amide bonds. The molecule has 0 saturated carbocycles. The van der Waals surface area contributed by atoms with Gasteiger partial charge in [0.2, 0.25) is 0 Å². The molecule has 11 heteroatoms. The molecule has 0 unspecified atom stereocenters. The monoisotopic (exact) mass is 348 g/mol. The van der Waals surface area contributed by atoms with Gasteiger partial charge in [0, 0.05) is 17.8 Å². The van der Waals surface area contributed by atoms with Crippen LogP contribution in [0.2, 0.25) is 0 Å². The van der Waals surface area contributed by atoms with E-state index in [1.165, 1.54) is 13.1 Å². The predicted octanol–water partition coefficient (Wildman–Crippen LogP) is -1.48. The summed E-state index contributed by atoms with van der Waals surface area (Å²) >= 11 is 0. The van der Waals surface area contributed by atoms with E-state index in [9.17, 15) is 28.2 Å². The zero-order chi connectivity index (χ0) is 17.4. The van der Waals surface area contributed by atoms with Gasteiger partial charge in [0.05, 0.1) is 12.9 Å². The highest BCUT2D eigenvalue weighted by molar-refractivity contribution is 7.85. The van der Waals surface area contributed by atoms with Crippen molar-refractivity contribution in [2.75, 3.05) is 19.5 Å². The van der Waals surface area contributed by atoms with Gasteiger partial charge >= 0.3 is 5.69 Å². The van der Waals surface area contributed by atoms with Crippen molar-refractivity contribution in [3.8, 4) is 0 Å². The van der Waals surface area contributed by atoms with E-state index in [2.05, 4.69) is 9.17 Å². The number of aromatic nitrogens is 2. The zero-order valence-corrected chi connectivity index (χ0v) is 13.2. The van der Waals surface area contributed by atoms with Crippen LogP contribution in [0.3, 0.4) is 0 Å². The number of nitrogens with zero attached hydrogens (tertiary/aromatic N) is 1. The maximum Gasteiger partial charge on any atom is 0.330 e. The summed E-state index contributed by atoms with van der Waals surface area (Å²) in [4.78, 5) is 25.3. The van der Waals surface area contributed by atoms with E-state index in [1.54, 1.807) is 0 Å². The summed E-state index contributed by atoms with van der Waals surface area (Å²) in [6.07, 6.45) is 2.00. The molecule has 1 aliphatic rings. The Morgan fingerprint density at radius 2 is 2.13 bits per heavy atom. The number of aryl methyl sites for hydroxylation is 1. The van der Waals surface area contributed by atoms with Crippen LogP contribution in [0.5, 0.6) is 0 Å². The maximum absolute atomic E-state index is 11.8. The van der Waals surface area contributed by atoms with Crippen LogP contribution < -0.4 is 11.2 Å². The van der Waals surface area contributed by atoms with Gasteiger partial charge in [-0.3, -0.25) is 18.5 Å². The lowest BCUT2D eigenvalue weighted by molar-refractivity contribution is -0.119. The number of aliphatic hydroxyl groups excluding tert-OH is 2. The summed E-state index contributed by atoms with van der Waals surface area (Å²) in [5.74, 6) is -0.482. The van der Waals surface area contributed by atoms with Gasteiger partial charge in [-0.2, -0.15) is 8.42 Å². The maximum atomic E-state index is 11.8. The van der Waals surface area contributed by atoms with Crippen molar-refractivity contribution in [3.05, 3.63) is 44.4 Å². The molecule has 0 aromatic carbocycles. The molecular weight excluding hydrogens is 332 g/mol. The minimum atomic E-state index is -3.83. The fraction of sp³-hybridized carbons (Fsp3) is 0.500. The third-order valence-corrected chi connectivity index (χ3v) is 3.84. The average molecular weight is 348 g/mol. The lowest BCUT2D eigenvalue weighted by Gasteiger charge is -2.27. The summed E-state index contributed by atoms with van der Waals surface area (Å²) in [5.41, 5.74) is -2.94. The molecule has 0 fully saturated rings. The molecule has 23 heavy (non-hydrogen) atoms. The first-order valence-corrected chi connectivity index (χ1v) is 8.26. The van der Waals surface area contributed by atoms with E-state index in [1.807, 2.05) is 0 Å². The first-order valence-electron chi connectivity index (χ1n) is 6.44. The predicted molar refractivity (Wildman–Crippen MR) is 77.5 cm³/mol. The summed E-state index contributed by atoms with van der Waals surface area (Å²) in [6.45, 7) is 0.0239. The number of ether oxygens (including phenoxy) is 1. The Morgan fingerprint density at radius 3 is 2.70 bits per heavy atom. The molecular formula is C12H16N2O8S. The van der Waals surface area contributed by atoms with E-state index < -0.39 is 52.2 Å². The second-order valence-corrected chi connectivity index (χ2v) is 6.80. The average Bonchev–Trinajstić information content (AvgIpc) is 2.77. The highest BCUT2D eigenvalue weighted by atomic mass is 32.2. The van der Waals surface area contributed by atoms with Gasteiger partial charge < -0.3 is 14.9 Å². The lowest BCUT2D eigenvalue weighted by Crippen LogP contribution is -2.43. The second-order valence-electron chi connectivity index (χ2n) is 5.16. The summed E-state index contributed by atoms with van der Waals surface area (Å²) < 4.78 is 33.2. The van der Waals surface area contributed by atoms with Crippen molar-refractivity contribution in [3.63, 3.8) is 0 Å². The Hall–Kier alpha value is -1.95. The van der Waals surface area contributed by atoms with Crippen molar-refractivity contribution < 1.29 is 27.6 Å². The number of aliphatic hydroxyl groups is 2. The van der Waals surface area contributed by atoms with Crippen molar-refractivity contribution >= 4 is 10.1 Å². The van der Waals surface area contributed by atoms with Crippen molar-refractivity contribution in [2.45, 2.75) is 18.8 Å². The standard InChI is InChI=1S/C12H16N2O8S/c1-7-4-14(11(18)13-10(7)17)9-3-8(16)12(5-15,22-9)6-21-23(2,19)20/h3-4,9,15-16H,5-6H2,1-2H3,(H,13,17,18)/t9-,12+/m1/s1. The Morgan fingerprint density at radius 1 is 1.48 bits per heavy atom. The van der Waals surface area contributed by atoms with Crippen LogP contribution in [0.15, 0.2) is 27.6 Å². The van der Waals surface area contributed by atoms with E-state index >= 15 is 0 Å². The Balaban J connectivity index is 2.35. The highest BCUT2D eigenvalue weighted by Crippen LogP contribution is 2.34. The molecule has 1 aliphatic heterocycles. The molecule has 10 nitrogen and oxygen atoms in total. The van der Waals surface area contributed by atoms with Crippen LogP contribution in [0.25, 0.3) is 0 Å². The molecule has 1 aromatic heterocycles. The molecule has 2 rings (SSSR count). The molecule has 3 N–H and O–H groups in total. The molecule has 2 heterocycles. The number of aromatic amines is 1. The third kappa shape index (κ3) is 3.52. The Labute approximate surface area is 130 Å². The second kappa shape index (κ2) is 5.92. The topological polar surface area (TPSA) is 148 Å². The summed E-state index contributed by atoms with van der Waals surface area (Å²) in [6, 6.07) is 0. The highest BCUT2D eigenvalue weighted by Gasteiger charge is 2.45. The number of nitrogens with one attached hydrogen (secondary N) is 1. The Kier molecular flexibility index (Phi) is 4.48. The summed E-state index contributed by atoms with van der Waals surface area (Å²) in [5, 5.41) is 19.5. The molecule has 0 spiro atoms. The fourth-order valence-electron chi connectivity index (χ4n) is 2.00. The smallest absolute Gasteiger partial charge is 0.330 e. The lowest BCUT2D eigenvalue weighted by atomic mass is 10.1. The van der Waals surface area contributed by atoms with Gasteiger partial charge in [-0.15, -0.1) is 0 Å². The van der Waals surface area contributed by atoms with Crippen molar-refractivity contribution in [2.24, 2.45) is 0 Å². The van der Waals surface area contributed by atoms with Crippen molar-refractivity contribution in [1.29, 1.82) is 0 Å². The largest absolute Gasteiger partial charge is 0.509 e. The van der Waals surface area contributed by atoms with Gasteiger partial charge in [-0.05, 0) is 6.92 Å². The van der Waals surface area contributed by atoms with Gasteiger partial charge in [-0.25, -0.2) is 4.79 Å². The van der Waals surface area contributed by atoms with Crippen LogP contribution in [0.1, 0.15) is 11.8 Å². The first-order chi connectivity index (χ1) is 10.6. The van der Waals surface area contributed by atoms with Crippen LogP contribution in [-0.2, 0) is 19.0 Å². The number of H-pyrrole nitrogens is 1. The molecule has 0 aliphatic carbocycles. The normalized spacial score (nSPS) is 24.7. The SMILES string of the molecule is Cc1cn([C@H]2C=C(O)[C@](CO)(COS(C)(=O)=O)O2)c(=O)[nH]c1=O. The zero-order valence-electron chi connectivity index (χ0n) is 12.3. The van der Waals surface area contributed by atoms with E-state index in [4.69, 9.17) is 4.74 Å². The van der Waals surface area contributed by atoms with Gasteiger partial charge in [0.1, 0.15) is 12.4 Å². The minimum absolute atomic E-state index is 0.231. The van der Waals surface area contributed by atoms with Gasteiger partial charge in [-0.1, -0.05) is 0 Å². The van der Waals surface area contributed by atoms with Crippen molar-refractivity contribution in [1.82, 2.24) is 9.55 Å². The molecule has 0 bridgehead atoms. The van der Waals surface area contributed by atoms with Crippen LogP contribution in [-0.4, -0.2) is 53.3 Å². The number of hydrogen-bond acceptors (Lipinski definition) is 8. The van der Waals surface area contributed by atoms with E-state index in [-0.39, 0.29) is 5.56 Å². The molecule has 1 aromatic rings. The summed E-state index contributed by atoms with van der Waals surface area (Å²) in [7, 11) is -3.83. The molecule has 0 radical (unpaired) electrons. The van der Waals surface area contributed by atoms with Crippen LogP contribution in [0, 0.1) is 6.92 Å². The Bertz CT molecular complexity index is 853. The first kappa shape index (κ1) is 17.4. The number of hydrogen-bond donors (Lipinski definition) is 3. The molecule has 0 saturated heterocycles. The van der Waals surface area contributed by atoms with E-state index in [0.29, 0.717) is 0 Å². The molecule has 2 atom stereocenters. The van der Waals surface area contributed by atoms with Crippen LogP contribution >= 0.6 is 0 Å². The van der Waals surface area contributed by atoms with Gasteiger partial charge in [0.25, 0.3) is 15.7 Å². The quantitative estimate of drug-likeness (QED) is 0.546. The minimum Gasteiger partial charge on any atom is -0.509 e. The van der Waals surface area contributed by atoms with Gasteiger partial charge in [0.15, 0.2) is 11.8 Å². The van der Waals surface area contributed by atoms with E-state index in [0.717, 1.165) is 16.9 Å². The number of rotatable bonds is 5. The van der Waals surface area contributed by atoms with Crippen LogP contribution in [0.4, 0.5) is 0 Å². The fourth-order valence-corrected chi connectivity index (χ4v) is 2.40.